The molecule has 0 amide bonds. The summed E-state index contributed by atoms with van der Waals surface area (Å²) < 4.78 is 15.0. The molecule has 0 spiro atoms. The lowest BCUT2D eigenvalue weighted by Gasteiger charge is -1.99. The van der Waals surface area contributed by atoms with Crippen LogP contribution in [0.3, 0.4) is 0 Å². The van der Waals surface area contributed by atoms with Crippen molar-refractivity contribution in [3.63, 3.8) is 0 Å². The first-order chi connectivity index (χ1) is 13.1. The molecule has 0 unspecified atom stereocenters. The zero-order valence-electron chi connectivity index (χ0n) is 14.3. The molecule has 0 aliphatic rings. The molecule has 2 aromatic carbocycles. The number of halogens is 1. The van der Waals surface area contributed by atoms with Crippen LogP contribution in [0.25, 0.3) is 21.3 Å². The van der Waals surface area contributed by atoms with Gasteiger partial charge in [-0.05, 0) is 36.8 Å². The molecule has 2 heterocycles. The maximum atomic E-state index is 13.0. The number of benzene rings is 2. The van der Waals surface area contributed by atoms with Crippen molar-refractivity contribution in [2.24, 2.45) is 5.10 Å². The van der Waals surface area contributed by atoms with Crippen molar-refractivity contribution >= 4 is 29.8 Å². The first kappa shape index (κ1) is 17.4. The molecular formula is C19H14FN5S2. The Morgan fingerprint density at radius 1 is 1.15 bits per heavy atom. The van der Waals surface area contributed by atoms with Gasteiger partial charge in [-0.25, -0.2) is 14.5 Å². The molecule has 134 valence electrons. The van der Waals surface area contributed by atoms with Crippen LogP contribution in [0.15, 0.2) is 59.7 Å². The Labute approximate surface area is 163 Å². The standard InChI is InChI=1S/C19H14FN5S2/c1-12-16(27-18(22-12)14-5-3-2-4-6-14)17-23-24-19(26)25(17)21-11-13-7-9-15(20)10-8-13/h2-11H,1H3,(H,24,26)/b21-11+. The van der Waals surface area contributed by atoms with Crippen molar-refractivity contribution < 1.29 is 4.39 Å². The molecular weight excluding hydrogens is 381 g/mol. The second-order valence-electron chi connectivity index (χ2n) is 5.76. The number of H-pyrrole nitrogens is 1. The molecule has 27 heavy (non-hydrogen) atoms. The molecule has 2 aromatic heterocycles. The number of nitrogens with zero attached hydrogens (tertiary/aromatic N) is 4. The van der Waals surface area contributed by atoms with Gasteiger partial charge in [0.25, 0.3) is 0 Å². The van der Waals surface area contributed by atoms with E-state index in [0.29, 0.717) is 10.6 Å². The maximum Gasteiger partial charge on any atom is 0.216 e. The molecule has 8 heteroatoms. The Kier molecular flexibility index (Phi) is 4.74. The van der Waals surface area contributed by atoms with Crippen LogP contribution in [-0.2, 0) is 0 Å². The first-order valence-corrected chi connectivity index (χ1v) is 9.35. The number of aromatic amines is 1. The van der Waals surface area contributed by atoms with Crippen molar-refractivity contribution in [2.75, 3.05) is 0 Å². The molecule has 1 N–H and O–H groups in total. The van der Waals surface area contributed by atoms with E-state index in [4.69, 9.17) is 12.2 Å². The van der Waals surface area contributed by atoms with Crippen molar-refractivity contribution in [2.45, 2.75) is 6.92 Å². The lowest BCUT2D eigenvalue weighted by atomic mass is 10.2. The molecule has 4 rings (SSSR count). The van der Waals surface area contributed by atoms with Crippen LogP contribution in [0.1, 0.15) is 11.3 Å². The number of hydrogen-bond acceptors (Lipinski definition) is 5. The van der Waals surface area contributed by atoms with Crippen LogP contribution in [0.4, 0.5) is 4.39 Å². The third-order valence-corrected chi connectivity index (χ3v) is 5.33. The normalized spacial score (nSPS) is 11.3. The van der Waals surface area contributed by atoms with Crippen LogP contribution < -0.4 is 0 Å². The highest BCUT2D eigenvalue weighted by Crippen LogP contribution is 2.34. The van der Waals surface area contributed by atoms with Crippen LogP contribution in [0.2, 0.25) is 0 Å². The fraction of sp³-hybridized carbons (Fsp3) is 0.0526. The molecule has 0 saturated carbocycles. The minimum Gasteiger partial charge on any atom is -0.250 e. The summed E-state index contributed by atoms with van der Waals surface area (Å²) in [5, 5.41) is 12.4. The number of thiazole rings is 1. The fourth-order valence-electron chi connectivity index (χ4n) is 2.53. The highest BCUT2D eigenvalue weighted by Gasteiger charge is 2.17. The molecule has 0 bridgehead atoms. The van der Waals surface area contributed by atoms with Crippen LogP contribution in [0.5, 0.6) is 0 Å². The Morgan fingerprint density at radius 2 is 1.89 bits per heavy atom. The predicted molar refractivity (Wildman–Crippen MR) is 108 cm³/mol. The summed E-state index contributed by atoms with van der Waals surface area (Å²) in [7, 11) is 0. The topological polar surface area (TPSA) is 58.9 Å². The summed E-state index contributed by atoms with van der Waals surface area (Å²) in [5.74, 6) is 0.303. The van der Waals surface area contributed by atoms with Gasteiger partial charge in [0.05, 0.1) is 16.8 Å². The second-order valence-corrected chi connectivity index (χ2v) is 7.15. The number of hydrogen-bond donors (Lipinski definition) is 1. The summed E-state index contributed by atoms with van der Waals surface area (Å²) in [6.45, 7) is 1.93. The van der Waals surface area contributed by atoms with E-state index < -0.39 is 0 Å². The molecule has 0 atom stereocenters. The maximum absolute atomic E-state index is 13.0. The number of rotatable bonds is 4. The third kappa shape index (κ3) is 3.62. The third-order valence-electron chi connectivity index (χ3n) is 3.86. The Balaban J connectivity index is 1.73. The number of aromatic nitrogens is 4. The van der Waals surface area contributed by atoms with Gasteiger partial charge in [-0.3, -0.25) is 0 Å². The number of nitrogens with one attached hydrogen (secondary N) is 1. The van der Waals surface area contributed by atoms with Gasteiger partial charge in [-0.2, -0.15) is 14.9 Å². The summed E-state index contributed by atoms with van der Waals surface area (Å²) in [6, 6.07) is 16.0. The Morgan fingerprint density at radius 3 is 2.63 bits per heavy atom. The van der Waals surface area contributed by atoms with Gasteiger partial charge in [0, 0.05) is 5.56 Å². The Hall–Kier alpha value is -2.97. The van der Waals surface area contributed by atoms with Gasteiger partial charge in [-0.1, -0.05) is 42.5 Å². The largest absolute Gasteiger partial charge is 0.250 e. The zero-order valence-corrected chi connectivity index (χ0v) is 15.9. The Bertz CT molecular complexity index is 1160. The first-order valence-electron chi connectivity index (χ1n) is 8.12. The van der Waals surface area contributed by atoms with Crippen LogP contribution in [-0.4, -0.2) is 26.1 Å². The van der Waals surface area contributed by atoms with E-state index in [0.717, 1.165) is 26.7 Å². The van der Waals surface area contributed by atoms with E-state index in [2.05, 4.69) is 20.3 Å². The number of aryl methyl sites for hydroxylation is 1. The van der Waals surface area contributed by atoms with E-state index >= 15 is 0 Å². The zero-order chi connectivity index (χ0) is 18.8. The summed E-state index contributed by atoms with van der Waals surface area (Å²) in [6.07, 6.45) is 1.61. The van der Waals surface area contributed by atoms with Crippen LogP contribution in [0, 0.1) is 17.5 Å². The highest BCUT2D eigenvalue weighted by molar-refractivity contribution is 7.71. The summed E-state index contributed by atoms with van der Waals surface area (Å²) in [5.41, 5.74) is 2.66. The average Bonchev–Trinajstić information content (AvgIpc) is 3.24. The smallest absolute Gasteiger partial charge is 0.216 e. The highest BCUT2D eigenvalue weighted by atomic mass is 32.1. The molecule has 0 aliphatic heterocycles. The predicted octanol–water partition coefficient (Wildman–Crippen LogP) is 5.06. The van der Waals surface area contributed by atoms with Gasteiger partial charge in [-0.15, -0.1) is 11.3 Å². The summed E-state index contributed by atoms with van der Waals surface area (Å²) in [4.78, 5) is 5.55. The average molecular weight is 395 g/mol. The van der Waals surface area contributed by atoms with E-state index in [1.54, 1.807) is 23.0 Å². The molecule has 0 radical (unpaired) electrons. The van der Waals surface area contributed by atoms with Crippen molar-refractivity contribution in [1.29, 1.82) is 0 Å². The van der Waals surface area contributed by atoms with Gasteiger partial charge in [0.1, 0.15) is 10.8 Å². The SMILES string of the molecule is Cc1nc(-c2ccccc2)sc1-c1n[nH]c(=S)n1/N=C/c1ccc(F)cc1. The van der Waals surface area contributed by atoms with Gasteiger partial charge >= 0.3 is 0 Å². The van der Waals surface area contributed by atoms with E-state index in [1.807, 2.05) is 37.3 Å². The lowest BCUT2D eigenvalue weighted by molar-refractivity contribution is 0.628. The van der Waals surface area contributed by atoms with Gasteiger partial charge in [0.2, 0.25) is 4.77 Å². The van der Waals surface area contributed by atoms with Crippen LogP contribution >= 0.6 is 23.6 Å². The van der Waals surface area contributed by atoms with Gasteiger partial charge in [0.15, 0.2) is 5.82 Å². The lowest BCUT2D eigenvalue weighted by Crippen LogP contribution is -1.95. The molecule has 4 aromatic rings. The van der Waals surface area contributed by atoms with Gasteiger partial charge < -0.3 is 0 Å². The molecule has 0 fully saturated rings. The molecule has 5 nitrogen and oxygen atoms in total. The quantitative estimate of drug-likeness (QED) is 0.388. The minimum atomic E-state index is -0.290. The molecule has 0 saturated heterocycles. The van der Waals surface area contributed by atoms with E-state index in [9.17, 15) is 4.39 Å². The van der Waals surface area contributed by atoms with E-state index in [-0.39, 0.29) is 5.82 Å². The molecule has 0 aliphatic carbocycles. The summed E-state index contributed by atoms with van der Waals surface area (Å²) >= 11 is 6.84. The fourth-order valence-corrected chi connectivity index (χ4v) is 3.75. The monoisotopic (exact) mass is 395 g/mol. The second kappa shape index (κ2) is 7.34. The minimum absolute atomic E-state index is 0.290. The van der Waals surface area contributed by atoms with Crippen molar-refractivity contribution in [3.8, 4) is 21.3 Å². The van der Waals surface area contributed by atoms with Crippen molar-refractivity contribution in [3.05, 3.63) is 76.4 Å². The van der Waals surface area contributed by atoms with E-state index in [1.165, 1.54) is 23.5 Å². The van der Waals surface area contributed by atoms with Crippen molar-refractivity contribution in [1.82, 2.24) is 19.9 Å².